The van der Waals surface area contributed by atoms with E-state index < -0.39 is 83.2 Å². The van der Waals surface area contributed by atoms with Gasteiger partial charge in [0.1, 0.15) is 18.2 Å². The molecule has 2 heterocycles. The summed E-state index contributed by atoms with van der Waals surface area (Å²) in [4.78, 5) is 145. The minimum absolute atomic E-state index is 0.0354. The van der Waals surface area contributed by atoms with Crippen molar-refractivity contribution in [2.45, 2.75) is 214 Å². The number of likely N-dealkylation sites (tertiary alicyclic amines) is 1. The number of carbonyl (C=O) groups is 10. The van der Waals surface area contributed by atoms with Gasteiger partial charge in [0.15, 0.2) is 11.6 Å². The first-order valence-electron chi connectivity index (χ1n) is 34.0. The largest absolute Gasteiger partial charge is 0.445 e. The van der Waals surface area contributed by atoms with E-state index in [1.165, 1.54) is 18.4 Å². The van der Waals surface area contributed by atoms with Gasteiger partial charge in [-0.25, -0.2) is 14.6 Å². The van der Waals surface area contributed by atoms with Crippen LogP contribution < -0.4 is 32.7 Å². The standard InChI is InChI=1S/C72H111N9O13S/c1-15-47(8)64(60(92-13)42-62(86)81-35-22-27-56(81)65(93-14)48(9)58(83)40-53(68-75-34-36-95-68)37-49-23-17-16-18-24-49)80(12)69(89)55(44(2)3)41-61(85)72(10,11)79-71(91)94-43-50-28-30-54(31-29-50)77-66(87)52(26-21-33-76-70(74)90)39-59(84)63(46(6)7)78-67(88)51(25-19-20-32-73)38-57(82)45(4)5/h16-18,23-24,28-31,34,36,44-48,51-53,55-56,60,63-65H,15,19-22,25-27,32-33,35,37-43,73H2,1-14H3,(H,77,87)(H,78,88)(H,79,91)(H3,74,76,90)/t47-,48-,51+,52+,53+,55-,56-,60+,63-,64-,65+/m0/s1. The molecule has 3 aromatic rings. The molecule has 0 spiro atoms. The van der Waals surface area contributed by atoms with Gasteiger partial charge in [-0.15, -0.1) is 11.3 Å². The third-order valence-electron chi connectivity index (χ3n) is 18.8. The van der Waals surface area contributed by atoms with Crippen LogP contribution in [-0.2, 0) is 65.6 Å². The molecule has 1 saturated heterocycles. The number of amides is 7. The molecule has 0 bridgehead atoms. The van der Waals surface area contributed by atoms with Crippen molar-refractivity contribution >= 4 is 75.9 Å². The van der Waals surface area contributed by atoms with Crippen molar-refractivity contribution < 1.29 is 62.2 Å². The number of hydrogen-bond acceptors (Lipinski definition) is 16. The van der Waals surface area contributed by atoms with E-state index in [4.69, 9.17) is 25.7 Å². The predicted octanol–water partition coefficient (Wildman–Crippen LogP) is 9.75. The lowest BCUT2D eigenvalue weighted by Gasteiger charge is -2.41. The van der Waals surface area contributed by atoms with Crippen molar-refractivity contribution in [3.63, 3.8) is 0 Å². The Labute approximate surface area is 568 Å². The van der Waals surface area contributed by atoms with Crippen LogP contribution in [-0.4, -0.2) is 150 Å². The second-order valence-corrected chi connectivity index (χ2v) is 28.3. The summed E-state index contributed by atoms with van der Waals surface area (Å²) in [5, 5.41) is 13.8. The van der Waals surface area contributed by atoms with Crippen LogP contribution in [0.1, 0.15) is 182 Å². The number of urea groups is 1. The summed E-state index contributed by atoms with van der Waals surface area (Å²) in [6.45, 7) is 20.7. The molecule has 2 aromatic carbocycles. The molecule has 11 atom stereocenters. The number of hydrogen-bond donors (Lipinski definition) is 6. The summed E-state index contributed by atoms with van der Waals surface area (Å²) in [5.41, 5.74) is 11.6. The molecule has 1 aliphatic heterocycles. The first-order valence-corrected chi connectivity index (χ1v) is 34.9. The zero-order chi connectivity index (χ0) is 70.7. The van der Waals surface area contributed by atoms with E-state index in [0.717, 1.165) is 17.0 Å². The molecule has 7 amide bonds. The van der Waals surface area contributed by atoms with Crippen molar-refractivity contribution in [3.05, 3.63) is 82.3 Å². The molecular weight excluding hydrogens is 1230 g/mol. The maximum Gasteiger partial charge on any atom is 0.408 e. The molecule has 0 radical (unpaired) electrons. The first kappa shape index (κ1) is 80.5. The molecule has 1 fully saturated rings. The Morgan fingerprint density at radius 3 is 2.00 bits per heavy atom. The molecule has 23 heteroatoms. The van der Waals surface area contributed by atoms with Crippen LogP contribution in [0.5, 0.6) is 0 Å². The van der Waals surface area contributed by atoms with E-state index in [0.29, 0.717) is 69.3 Å². The number of unbranched alkanes of at least 4 members (excludes halogenated alkanes) is 1. The van der Waals surface area contributed by atoms with Crippen molar-refractivity contribution in [3.8, 4) is 0 Å². The van der Waals surface area contributed by atoms with E-state index in [1.54, 1.807) is 91.1 Å². The van der Waals surface area contributed by atoms with Gasteiger partial charge >= 0.3 is 12.1 Å². The summed E-state index contributed by atoms with van der Waals surface area (Å²) >= 11 is 1.54. The summed E-state index contributed by atoms with van der Waals surface area (Å²) in [7, 11) is 4.81. The highest BCUT2D eigenvalue weighted by Crippen LogP contribution is 2.34. The van der Waals surface area contributed by atoms with Crippen LogP contribution in [0, 0.1) is 47.3 Å². The predicted molar refractivity (Wildman–Crippen MR) is 369 cm³/mol. The van der Waals surface area contributed by atoms with Gasteiger partial charge in [-0.3, -0.25) is 38.4 Å². The summed E-state index contributed by atoms with van der Waals surface area (Å²) in [5.74, 6) is -6.15. The quantitative estimate of drug-likeness (QED) is 0.0287. The molecule has 1 aromatic heterocycles. The van der Waals surface area contributed by atoms with Gasteiger partial charge in [-0.2, -0.15) is 0 Å². The molecule has 0 saturated carbocycles. The van der Waals surface area contributed by atoms with E-state index in [9.17, 15) is 47.9 Å². The average Bonchev–Trinajstić information content (AvgIpc) is 1.81. The van der Waals surface area contributed by atoms with E-state index in [-0.39, 0.29) is 116 Å². The maximum atomic E-state index is 14.8. The maximum absolute atomic E-state index is 14.8. The normalized spacial score (nSPS) is 16.5. The fraction of sp³-hybridized carbons (Fsp3) is 0.653. The lowest BCUT2D eigenvalue weighted by Crippen LogP contribution is -2.55. The van der Waals surface area contributed by atoms with E-state index in [1.807, 2.05) is 63.1 Å². The monoisotopic (exact) mass is 1340 g/mol. The fourth-order valence-electron chi connectivity index (χ4n) is 12.6. The second kappa shape index (κ2) is 39.9. The van der Waals surface area contributed by atoms with Gasteiger partial charge in [0.05, 0.1) is 47.3 Å². The molecule has 1 aliphatic rings. The highest BCUT2D eigenvalue weighted by Gasteiger charge is 2.44. The van der Waals surface area contributed by atoms with E-state index in [2.05, 4.69) is 38.4 Å². The molecular formula is C72H111N9O13S. The first-order chi connectivity index (χ1) is 45.0. The summed E-state index contributed by atoms with van der Waals surface area (Å²) in [6.07, 6.45) is 4.40. The Morgan fingerprint density at radius 1 is 0.768 bits per heavy atom. The van der Waals surface area contributed by atoms with Gasteiger partial charge in [0, 0.05) is 113 Å². The lowest BCUT2D eigenvalue weighted by molar-refractivity contribution is -0.149. The van der Waals surface area contributed by atoms with Crippen LogP contribution in [0.15, 0.2) is 66.2 Å². The number of nitrogens with two attached hydrogens (primary N) is 2. The SMILES string of the molecule is CC[C@H](C)[C@@H]([C@@H](CC(=O)N1CCC[C@H]1[C@H](OC)[C@@H](C)C(=O)C[C@@H](Cc1ccccc1)c1nccs1)OC)N(C)C(=O)[C@@H](CC(=O)C(C)(C)NC(=O)OCc1ccc(NC(=O)[C@H](CCCNC(N)=O)CC(=O)[C@@H](NC(=O)[C@H](CCCCN)CC(=O)C(C)C)C(C)C)cc1)C(C)C. The molecule has 0 unspecified atom stereocenters. The third kappa shape index (κ3) is 25.2. The number of ether oxygens (including phenoxy) is 3. The van der Waals surface area contributed by atoms with Gasteiger partial charge in [-0.1, -0.05) is 118 Å². The van der Waals surface area contributed by atoms with Gasteiger partial charge < -0.3 is 56.7 Å². The van der Waals surface area contributed by atoms with Crippen molar-refractivity contribution in [1.82, 2.24) is 30.7 Å². The highest BCUT2D eigenvalue weighted by molar-refractivity contribution is 7.09. The number of alkyl carbamates (subject to hydrolysis) is 1. The number of ketones is 4. The van der Waals surface area contributed by atoms with Crippen LogP contribution in [0.25, 0.3) is 0 Å². The number of thiazole rings is 1. The third-order valence-corrected chi connectivity index (χ3v) is 19.7. The smallest absolute Gasteiger partial charge is 0.408 e. The number of nitrogens with zero attached hydrogens (tertiary/aromatic N) is 3. The number of likely N-dealkylation sites (N-methyl/N-ethyl adjacent to an activating group) is 1. The Kier molecular flexibility index (Phi) is 33.8. The Morgan fingerprint density at radius 2 is 1.42 bits per heavy atom. The minimum Gasteiger partial charge on any atom is -0.445 e. The van der Waals surface area contributed by atoms with Crippen molar-refractivity contribution in [2.24, 2.45) is 58.8 Å². The molecule has 0 aliphatic carbocycles. The van der Waals surface area contributed by atoms with Gasteiger partial charge in [-0.05, 0) is 106 Å². The van der Waals surface area contributed by atoms with Gasteiger partial charge in [0.25, 0.3) is 0 Å². The van der Waals surface area contributed by atoms with Crippen molar-refractivity contribution in [2.75, 3.05) is 46.2 Å². The molecule has 4 rings (SSSR count). The van der Waals surface area contributed by atoms with E-state index >= 15 is 0 Å². The lowest BCUT2D eigenvalue weighted by atomic mass is 9.83. The number of anilines is 1. The zero-order valence-corrected chi connectivity index (χ0v) is 59.7. The number of Topliss-reactive ketones (excluding diaryl/α,β-unsaturated/α-hetero) is 4. The van der Waals surface area contributed by atoms with Crippen LogP contribution in [0.2, 0.25) is 0 Å². The van der Waals surface area contributed by atoms with Crippen LogP contribution in [0.4, 0.5) is 15.3 Å². The summed E-state index contributed by atoms with van der Waals surface area (Å²) in [6, 6.07) is 13.9. The molecule has 95 heavy (non-hydrogen) atoms. The van der Waals surface area contributed by atoms with Crippen molar-refractivity contribution in [1.29, 1.82) is 0 Å². The molecule has 22 nitrogen and oxygen atoms in total. The molecule has 528 valence electrons. The molecule has 8 N–H and O–H groups in total. The number of aromatic nitrogens is 1. The topological polar surface area (TPSA) is 318 Å². The highest BCUT2D eigenvalue weighted by atomic mass is 32.1. The summed E-state index contributed by atoms with van der Waals surface area (Å²) < 4.78 is 17.8. The van der Waals surface area contributed by atoms with Crippen LogP contribution >= 0.6 is 11.3 Å². The number of primary amides is 1. The minimum atomic E-state index is -1.47. The number of nitrogens with one attached hydrogen (secondary N) is 4. The Bertz CT molecular complexity index is 2940. The average molecular weight is 1340 g/mol. The van der Waals surface area contributed by atoms with Gasteiger partial charge in [0.2, 0.25) is 23.6 Å². The fourth-order valence-corrected chi connectivity index (χ4v) is 13.3. The Hall–Kier alpha value is -6.95. The van der Waals surface area contributed by atoms with Crippen LogP contribution in [0.3, 0.4) is 0 Å². The number of rotatable bonds is 43. The second-order valence-electron chi connectivity index (χ2n) is 27.3. The number of benzene rings is 2. The Balaban J connectivity index is 1.38. The number of methoxy groups -OCH3 is 2. The number of carbonyl (C=O) groups excluding carboxylic acids is 10. The zero-order valence-electron chi connectivity index (χ0n) is 58.9.